The van der Waals surface area contributed by atoms with Crippen molar-refractivity contribution in [2.24, 2.45) is 10.9 Å². The van der Waals surface area contributed by atoms with E-state index in [1.165, 1.54) is 0 Å². The molecule has 0 amide bonds. The van der Waals surface area contributed by atoms with Crippen LogP contribution in [-0.2, 0) is 6.54 Å². The average Bonchev–Trinajstić information content (AvgIpc) is 2.28. The molecule has 94 valence electrons. The van der Waals surface area contributed by atoms with E-state index in [2.05, 4.69) is 12.1 Å². The van der Waals surface area contributed by atoms with E-state index < -0.39 is 0 Å². The first-order chi connectivity index (χ1) is 8.02. The van der Waals surface area contributed by atoms with Crippen molar-refractivity contribution in [3.8, 4) is 0 Å². The molecule has 1 heterocycles. The Kier molecular flexibility index (Phi) is 4.31. The van der Waals surface area contributed by atoms with E-state index in [-0.39, 0.29) is 17.0 Å². The van der Waals surface area contributed by atoms with Crippen LogP contribution in [0.4, 0.5) is 0 Å². The van der Waals surface area contributed by atoms with E-state index in [4.69, 9.17) is 10.9 Å². The maximum atomic E-state index is 12.2. The molecule has 0 radical (unpaired) electrons. The molecule has 0 fully saturated rings. The second-order valence-corrected chi connectivity index (χ2v) is 4.14. The summed E-state index contributed by atoms with van der Waals surface area (Å²) in [5, 5.41) is 11.6. The molecule has 0 unspecified atom stereocenters. The normalized spacial score (nSPS) is 11.8. The summed E-state index contributed by atoms with van der Waals surface area (Å²) >= 11 is 0. The van der Waals surface area contributed by atoms with Gasteiger partial charge in [-0.15, -0.1) is 0 Å². The van der Waals surface area contributed by atoms with Gasteiger partial charge in [0.2, 0.25) is 0 Å². The van der Waals surface area contributed by atoms with Crippen LogP contribution in [0, 0.1) is 13.8 Å². The summed E-state index contributed by atoms with van der Waals surface area (Å²) in [7, 11) is 0. The molecular weight excluding hydrogens is 218 g/mol. The van der Waals surface area contributed by atoms with Gasteiger partial charge in [0.05, 0.1) is 5.56 Å². The quantitative estimate of drug-likeness (QED) is 0.359. The fourth-order valence-electron chi connectivity index (χ4n) is 1.88. The van der Waals surface area contributed by atoms with Gasteiger partial charge in [-0.1, -0.05) is 18.5 Å². The van der Waals surface area contributed by atoms with E-state index in [9.17, 15) is 4.79 Å². The highest BCUT2D eigenvalue weighted by Crippen LogP contribution is 2.07. The van der Waals surface area contributed by atoms with Gasteiger partial charge in [-0.05, 0) is 31.9 Å². The minimum absolute atomic E-state index is 0.127. The lowest BCUT2D eigenvalue weighted by molar-refractivity contribution is 0.318. The van der Waals surface area contributed by atoms with Crippen molar-refractivity contribution in [3.63, 3.8) is 0 Å². The molecule has 0 aromatic carbocycles. The Bertz CT molecular complexity index is 489. The zero-order valence-corrected chi connectivity index (χ0v) is 10.5. The molecule has 0 saturated heterocycles. The maximum absolute atomic E-state index is 12.2. The molecule has 0 aliphatic heterocycles. The zero-order chi connectivity index (χ0) is 13.0. The maximum Gasteiger partial charge on any atom is 0.262 e. The van der Waals surface area contributed by atoms with Gasteiger partial charge in [0.1, 0.15) is 0 Å². The third-order valence-corrected chi connectivity index (χ3v) is 2.80. The van der Waals surface area contributed by atoms with Gasteiger partial charge in [0, 0.05) is 12.2 Å². The molecule has 0 spiro atoms. The van der Waals surface area contributed by atoms with Crippen LogP contribution < -0.4 is 11.3 Å². The molecule has 0 bridgehead atoms. The van der Waals surface area contributed by atoms with Crippen LogP contribution in [0.15, 0.2) is 16.0 Å². The Hall–Kier alpha value is -1.78. The highest BCUT2D eigenvalue weighted by atomic mass is 16.4. The third kappa shape index (κ3) is 2.67. The molecule has 1 aromatic rings. The van der Waals surface area contributed by atoms with Crippen LogP contribution in [0.5, 0.6) is 0 Å². The fourth-order valence-corrected chi connectivity index (χ4v) is 1.88. The summed E-state index contributed by atoms with van der Waals surface area (Å²) in [6, 6.07) is 1.88. The molecule has 17 heavy (non-hydrogen) atoms. The molecule has 1 aromatic heterocycles. The summed E-state index contributed by atoms with van der Waals surface area (Å²) in [4.78, 5) is 12.2. The topological polar surface area (TPSA) is 80.6 Å². The van der Waals surface area contributed by atoms with Crippen molar-refractivity contribution in [2.75, 3.05) is 0 Å². The summed E-state index contributed by atoms with van der Waals surface area (Å²) in [5.74, 6) is -0.127. The molecule has 5 heteroatoms. The monoisotopic (exact) mass is 237 g/mol. The molecule has 5 nitrogen and oxygen atoms in total. The van der Waals surface area contributed by atoms with E-state index in [1.807, 2.05) is 13.0 Å². The van der Waals surface area contributed by atoms with Gasteiger partial charge < -0.3 is 15.5 Å². The second kappa shape index (κ2) is 5.52. The summed E-state index contributed by atoms with van der Waals surface area (Å²) < 4.78 is 1.67. The first kappa shape index (κ1) is 13.3. The molecule has 0 saturated carbocycles. The predicted molar refractivity (Wildman–Crippen MR) is 67.6 cm³/mol. The smallest absolute Gasteiger partial charge is 0.262 e. The average molecular weight is 237 g/mol. The predicted octanol–water partition coefficient (Wildman–Crippen LogP) is 1.36. The highest BCUT2D eigenvalue weighted by molar-refractivity contribution is 5.98. The van der Waals surface area contributed by atoms with E-state index in [0.29, 0.717) is 6.54 Å². The van der Waals surface area contributed by atoms with Gasteiger partial charge in [0.15, 0.2) is 5.84 Å². The highest BCUT2D eigenvalue weighted by Gasteiger charge is 2.13. The first-order valence-corrected chi connectivity index (χ1v) is 5.71. The molecule has 0 atom stereocenters. The third-order valence-electron chi connectivity index (χ3n) is 2.80. The van der Waals surface area contributed by atoms with Crippen molar-refractivity contribution in [2.45, 2.75) is 40.2 Å². The van der Waals surface area contributed by atoms with Crippen molar-refractivity contribution in [1.82, 2.24) is 4.57 Å². The Morgan fingerprint density at radius 1 is 1.53 bits per heavy atom. The molecule has 1 rings (SSSR count). The van der Waals surface area contributed by atoms with Gasteiger partial charge in [-0.3, -0.25) is 4.79 Å². The summed E-state index contributed by atoms with van der Waals surface area (Å²) in [6.07, 6.45) is 1.94. The Morgan fingerprint density at radius 3 is 2.71 bits per heavy atom. The second-order valence-electron chi connectivity index (χ2n) is 4.14. The van der Waals surface area contributed by atoms with E-state index >= 15 is 0 Å². The summed E-state index contributed by atoms with van der Waals surface area (Å²) in [6.45, 7) is 6.40. The van der Waals surface area contributed by atoms with Gasteiger partial charge in [-0.25, -0.2) is 0 Å². The summed E-state index contributed by atoms with van der Waals surface area (Å²) in [5.41, 5.74) is 7.26. The van der Waals surface area contributed by atoms with Crippen LogP contribution in [-0.4, -0.2) is 15.6 Å². The fraction of sp³-hybridized carbons (Fsp3) is 0.500. The van der Waals surface area contributed by atoms with Crippen LogP contribution >= 0.6 is 0 Å². The first-order valence-electron chi connectivity index (χ1n) is 5.71. The van der Waals surface area contributed by atoms with E-state index in [0.717, 1.165) is 24.1 Å². The van der Waals surface area contributed by atoms with Crippen molar-refractivity contribution in [1.29, 1.82) is 0 Å². The van der Waals surface area contributed by atoms with Crippen LogP contribution in [0.1, 0.15) is 36.6 Å². The Morgan fingerprint density at radius 2 is 2.18 bits per heavy atom. The van der Waals surface area contributed by atoms with Crippen LogP contribution in [0.25, 0.3) is 0 Å². The van der Waals surface area contributed by atoms with Crippen molar-refractivity contribution >= 4 is 5.84 Å². The number of aryl methyl sites for hydroxylation is 2. The number of hydrogen-bond donors (Lipinski definition) is 2. The van der Waals surface area contributed by atoms with Crippen molar-refractivity contribution in [3.05, 3.63) is 33.2 Å². The number of nitrogens with zero attached hydrogens (tertiary/aromatic N) is 2. The number of aromatic nitrogens is 1. The van der Waals surface area contributed by atoms with Gasteiger partial charge in [-0.2, -0.15) is 0 Å². The van der Waals surface area contributed by atoms with Gasteiger partial charge >= 0.3 is 0 Å². The number of pyridine rings is 1. The zero-order valence-electron chi connectivity index (χ0n) is 10.5. The molecule has 3 N–H and O–H groups in total. The molecule has 0 aliphatic rings. The number of hydrogen-bond acceptors (Lipinski definition) is 3. The van der Waals surface area contributed by atoms with Crippen LogP contribution in [0.2, 0.25) is 0 Å². The minimum Gasteiger partial charge on any atom is -0.409 e. The number of amidine groups is 1. The number of rotatable bonds is 4. The van der Waals surface area contributed by atoms with Crippen LogP contribution in [0.3, 0.4) is 0 Å². The number of unbranched alkanes of at least 4 members (excludes halogenated alkanes) is 1. The SMILES string of the molecule is CCCCn1c(C)cc(C)c(/C(N)=N\O)c1=O. The van der Waals surface area contributed by atoms with Gasteiger partial charge in [0.25, 0.3) is 5.56 Å². The Labute approximate surface area is 101 Å². The van der Waals surface area contributed by atoms with E-state index in [1.54, 1.807) is 11.5 Å². The molecular formula is C12H19N3O2. The van der Waals surface area contributed by atoms with Crippen molar-refractivity contribution < 1.29 is 5.21 Å². The number of oxime groups is 1. The lowest BCUT2D eigenvalue weighted by Gasteiger charge is -2.13. The standard InChI is InChI=1S/C12H19N3O2/c1-4-5-6-15-9(3)7-8(2)10(12(15)16)11(13)14-17/h7,17H,4-6H2,1-3H3,(H2,13,14). The number of nitrogens with two attached hydrogens (primary N) is 1. The lowest BCUT2D eigenvalue weighted by atomic mass is 10.1. The lowest BCUT2D eigenvalue weighted by Crippen LogP contribution is -2.32. The molecule has 0 aliphatic carbocycles. The largest absolute Gasteiger partial charge is 0.409 e. The Balaban J connectivity index is 3.38. The minimum atomic E-state index is -0.189.